The molecule has 1 fully saturated rings. The van der Waals surface area contributed by atoms with Crippen molar-refractivity contribution in [3.05, 3.63) is 35.9 Å². The summed E-state index contributed by atoms with van der Waals surface area (Å²) in [6, 6.07) is 6.91. The second kappa shape index (κ2) is 9.99. The first-order valence-corrected chi connectivity index (χ1v) is 8.86. The van der Waals surface area contributed by atoms with E-state index in [9.17, 15) is 24.3 Å². The van der Waals surface area contributed by atoms with E-state index in [2.05, 4.69) is 5.32 Å². The molecule has 29 heavy (non-hydrogen) atoms. The van der Waals surface area contributed by atoms with Gasteiger partial charge in [-0.1, -0.05) is 18.2 Å². The van der Waals surface area contributed by atoms with E-state index in [1.807, 2.05) is 0 Å². The molecule has 0 saturated carbocycles. The zero-order chi connectivity index (χ0) is 21.6. The smallest absolute Gasteiger partial charge is 0.303 e. The van der Waals surface area contributed by atoms with Crippen molar-refractivity contribution in [1.29, 1.82) is 0 Å². The van der Waals surface area contributed by atoms with Gasteiger partial charge in [0.2, 0.25) is 0 Å². The van der Waals surface area contributed by atoms with Crippen LogP contribution in [-0.4, -0.2) is 66.2 Å². The Morgan fingerprint density at radius 2 is 1.55 bits per heavy atom. The molecule has 0 aromatic heterocycles. The predicted octanol–water partition coefficient (Wildman–Crippen LogP) is -0.0713. The number of hydrogen-bond donors (Lipinski definition) is 2. The summed E-state index contributed by atoms with van der Waals surface area (Å²) >= 11 is 0. The van der Waals surface area contributed by atoms with Crippen LogP contribution in [0.4, 0.5) is 0 Å². The lowest BCUT2D eigenvalue weighted by atomic mass is 9.96. The van der Waals surface area contributed by atoms with Crippen LogP contribution < -0.4 is 5.32 Å². The lowest BCUT2D eigenvalue weighted by molar-refractivity contribution is -0.263. The van der Waals surface area contributed by atoms with Gasteiger partial charge >= 0.3 is 17.9 Å². The molecule has 10 nitrogen and oxygen atoms in total. The van der Waals surface area contributed by atoms with Crippen LogP contribution in [0, 0.1) is 0 Å². The maximum Gasteiger partial charge on any atom is 0.303 e. The average molecular weight is 409 g/mol. The van der Waals surface area contributed by atoms with Crippen molar-refractivity contribution in [2.45, 2.75) is 51.4 Å². The predicted molar refractivity (Wildman–Crippen MR) is 96.3 cm³/mol. The first-order chi connectivity index (χ1) is 13.7. The summed E-state index contributed by atoms with van der Waals surface area (Å²) in [5, 5.41) is 13.0. The fraction of sp³-hybridized carbons (Fsp3) is 0.474. The summed E-state index contributed by atoms with van der Waals surface area (Å²) in [7, 11) is 0. The Morgan fingerprint density at radius 1 is 0.966 bits per heavy atom. The van der Waals surface area contributed by atoms with E-state index in [1.165, 1.54) is 6.92 Å². The molecule has 0 unspecified atom stereocenters. The van der Waals surface area contributed by atoms with Gasteiger partial charge in [-0.25, -0.2) is 0 Å². The third-order valence-corrected chi connectivity index (χ3v) is 4.05. The standard InChI is InChI=1S/C19H23NO9/c1-10(21)26-9-14-16(27-11(2)22)17(28-12(3)23)15(19(25)29-14)20-18(24)13-7-5-4-6-8-13/h4-8,14-17,19,25H,9H2,1-3H3,(H,20,24)/t14-,15+,16+,17-,19-/m0/s1. The molecule has 1 aliphatic rings. The largest absolute Gasteiger partial charge is 0.463 e. The van der Waals surface area contributed by atoms with Gasteiger partial charge in [-0.15, -0.1) is 0 Å². The molecule has 1 heterocycles. The number of nitrogens with one attached hydrogen (secondary N) is 1. The second-order valence-electron chi connectivity index (χ2n) is 6.38. The van der Waals surface area contributed by atoms with Crippen LogP contribution >= 0.6 is 0 Å². The van der Waals surface area contributed by atoms with Crippen LogP contribution in [0.5, 0.6) is 0 Å². The molecule has 2 N–H and O–H groups in total. The van der Waals surface area contributed by atoms with E-state index in [4.69, 9.17) is 18.9 Å². The minimum Gasteiger partial charge on any atom is -0.463 e. The summed E-state index contributed by atoms with van der Waals surface area (Å²) in [4.78, 5) is 46.9. The molecule has 158 valence electrons. The number of aliphatic hydroxyl groups is 1. The van der Waals surface area contributed by atoms with Gasteiger partial charge in [-0.2, -0.15) is 0 Å². The van der Waals surface area contributed by atoms with Gasteiger partial charge in [0.1, 0.15) is 18.8 Å². The van der Waals surface area contributed by atoms with Gasteiger partial charge in [0.25, 0.3) is 5.91 Å². The lowest BCUT2D eigenvalue weighted by Crippen LogP contribution is -2.66. The highest BCUT2D eigenvalue weighted by Gasteiger charge is 2.50. The highest BCUT2D eigenvalue weighted by atomic mass is 16.7. The number of benzene rings is 1. The number of amides is 1. The van der Waals surface area contributed by atoms with Crippen molar-refractivity contribution in [2.75, 3.05) is 6.61 Å². The van der Waals surface area contributed by atoms with Crippen molar-refractivity contribution >= 4 is 23.8 Å². The molecule has 0 bridgehead atoms. The molecule has 0 radical (unpaired) electrons. The summed E-state index contributed by atoms with van der Waals surface area (Å²) in [6.45, 7) is 3.08. The van der Waals surface area contributed by atoms with Gasteiger partial charge in [0, 0.05) is 26.3 Å². The summed E-state index contributed by atoms with van der Waals surface area (Å²) in [5.41, 5.74) is 0.298. The average Bonchev–Trinajstić information content (AvgIpc) is 2.65. The number of carbonyl (C=O) groups is 4. The van der Waals surface area contributed by atoms with Crippen molar-refractivity contribution < 1.29 is 43.2 Å². The first kappa shape index (κ1) is 22.3. The first-order valence-electron chi connectivity index (χ1n) is 8.86. The maximum absolute atomic E-state index is 12.5. The van der Waals surface area contributed by atoms with Crippen LogP contribution in [0.2, 0.25) is 0 Å². The fourth-order valence-corrected chi connectivity index (χ4v) is 2.90. The van der Waals surface area contributed by atoms with Crippen LogP contribution in [0.3, 0.4) is 0 Å². The Balaban J connectivity index is 2.30. The maximum atomic E-state index is 12.5. The molecule has 0 spiro atoms. The monoisotopic (exact) mass is 409 g/mol. The Hall–Kier alpha value is -2.98. The minimum atomic E-state index is -1.63. The molecule has 10 heteroatoms. The van der Waals surface area contributed by atoms with Gasteiger partial charge in [0.15, 0.2) is 18.5 Å². The highest BCUT2D eigenvalue weighted by Crippen LogP contribution is 2.26. The van der Waals surface area contributed by atoms with E-state index in [1.54, 1.807) is 30.3 Å². The molecule has 1 aliphatic heterocycles. The van der Waals surface area contributed by atoms with Crippen molar-refractivity contribution in [2.24, 2.45) is 0 Å². The molecule has 2 rings (SSSR count). The Morgan fingerprint density at radius 3 is 2.10 bits per heavy atom. The number of carbonyl (C=O) groups excluding carboxylic acids is 4. The molecule has 1 aromatic carbocycles. The van der Waals surface area contributed by atoms with Crippen molar-refractivity contribution in [3.63, 3.8) is 0 Å². The van der Waals surface area contributed by atoms with E-state index >= 15 is 0 Å². The number of hydrogen-bond acceptors (Lipinski definition) is 9. The number of esters is 3. The third-order valence-electron chi connectivity index (χ3n) is 4.05. The molecule has 5 atom stereocenters. The molecule has 0 aliphatic carbocycles. The summed E-state index contributed by atoms with van der Waals surface area (Å²) < 4.78 is 20.8. The van der Waals surface area contributed by atoms with E-state index < -0.39 is 54.5 Å². The molecule has 1 amide bonds. The van der Waals surface area contributed by atoms with Crippen LogP contribution in [-0.2, 0) is 33.3 Å². The van der Waals surface area contributed by atoms with Gasteiger partial charge in [0.05, 0.1) is 0 Å². The highest BCUT2D eigenvalue weighted by molar-refractivity contribution is 5.94. The number of aliphatic hydroxyl groups excluding tert-OH is 1. The van der Waals surface area contributed by atoms with Crippen LogP contribution in [0.1, 0.15) is 31.1 Å². The lowest BCUT2D eigenvalue weighted by Gasteiger charge is -2.43. The minimum absolute atomic E-state index is 0.298. The Kier molecular flexibility index (Phi) is 7.68. The van der Waals surface area contributed by atoms with E-state index in [-0.39, 0.29) is 6.61 Å². The van der Waals surface area contributed by atoms with Crippen LogP contribution in [0.25, 0.3) is 0 Å². The zero-order valence-corrected chi connectivity index (χ0v) is 16.2. The molecule has 1 saturated heterocycles. The molecular formula is C19H23NO9. The SMILES string of the molecule is CC(=O)OC[C@@H]1O[C@H](O)[C@H](NC(=O)c2ccccc2)[C@H](OC(C)=O)[C@@H]1OC(C)=O. The van der Waals surface area contributed by atoms with Crippen molar-refractivity contribution in [1.82, 2.24) is 5.32 Å². The molecular weight excluding hydrogens is 386 g/mol. The fourth-order valence-electron chi connectivity index (χ4n) is 2.90. The quantitative estimate of drug-likeness (QED) is 0.488. The van der Waals surface area contributed by atoms with E-state index in [0.29, 0.717) is 5.56 Å². The Labute approximate surface area is 167 Å². The van der Waals surface area contributed by atoms with Gasteiger partial charge in [-0.05, 0) is 12.1 Å². The second-order valence-corrected chi connectivity index (χ2v) is 6.38. The van der Waals surface area contributed by atoms with Gasteiger partial charge < -0.3 is 29.4 Å². The zero-order valence-electron chi connectivity index (χ0n) is 16.2. The summed E-state index contributed by atoms with van der Waals surface area (Å²) in [5.74, 6) is -2.62. The van der Waals surface area contributed by atoms with E-state index in [0.717, 1.165) is 13.8 Å². The van der Waals surface area contributed by atoms with Crippen molar-refractivity contribution in [3.8, 4) is 0 Å². The summed E-state index contributed by atoms with van der Waals surface area (Å²) in [6.07, 6.45) is -5.26. The number of ether oxygens (including phenoxy) is 4. The van der Waals surface area contributed by atoms with Gasteiger partial charge in [-0.3, -0.25) is 19.2 Å². The third kappa shape index (κ3) is 6.26. The molecule has 1 aromatic rings. The normalized spacial score (nSPS) is 26.1. The topological polar surface area (TPSA) is 137 Å². The van der Waals surface area contributed by atoms with Crippen LogP contribution in [0.15, 0.2) is 30.3 Å². The Bertz CT molecular complexity index is 751. The number of rotatable bonds is 6.